The number of carboxylic acid groups (broad SMARTS) is 1. The summed E-state index contributed by atoms with van der Waals surface area (Å²) in [6.45, 7) is 2.72. The SMILES string of the molecule is CC[N+]1(C)N=C(C2CC2)C(C(=O)O)=C1c1ccc(-c2ccccc2-c2nn[nH]n2)cc1. The van der Waals surface area contributed by atoms with Crippen LogP contribution >= 0.6 is 0 Å². The predicted molar refractivity (Wildman–Crippen MR) is 116 cm³/mol. The smallest absolute Gasteiger partial charge is 0.344 e. The Hall–Kier alpha value is -3.65. The monoisotopic (exact) mass is 415 g/mol. The summed E-state index contributed by atoms with van der Waals surface area (Å²) in [4.78, 5) is 12.2. The number of hydrogen-bond donors (Lipinski definition) is 2. The van der Waals surface area contributed by atoms with Gasteiger partial charge in [0.15, 0.2) is 11.3 Å². The van der Waals surface area contributed by atoms with Crippen molar-refractivity contribution in [2.75, 3.05) is 13.6 Å². The zero-order valence-electron chi connectivity index (χ0n) is 17.4. The van der Waals surface area contributed by atoms with Gasteiger partial charge in [0.25, 0.3) is 0 Å². The molecule has 156 valence electrons. The average molecular weight is 415 g/mol. The second-order valence-electron chi connectivity index (χ2n) is 8.10. The lowest BCUT2D eigenvalue weighted by Gasteiger charge is -2.25. The van der Waals surface area contributed by atoms with Gasteiger partial charge in [0, 0.05) is 17.0 Å². The van der Waals surface area contributed by atoms with E-state index < -0.39 is 5.97 Å². The van der Waals surface area contributed by atoms with Crippen molar-refractivity contribution in [3.8, 4) is 22.5 Å². The molecular weight excluding hydrogens is 392 g/mol. The van der Waals surface area contributed by atoms with Gasteiger partial charge in [0.1, 0.15) is 12.3 Å². The number of benzene rings is 2. The van der Waals surface area contributed by atoms with E-state index in [0.717, 1.165) is 46.5 Å². The number of nitrogens with zero attached hydrogens (tertiary/aromatic N) is 5. The highest BCUT2D eigenvalue weighted by Crippen LogP contribution is 2.44. The van der Waals surface area contributed by atoms with Crippen LogP contribution in [0.5, 0.6) is 0 Å². The first kappa shape index (κ1) is 19.3. The third-order valence-electron chi connectivity index (χ3n) is 6.08. The molecule has 1 atom stereocenters. The van der Waals surface area contributed by atoms with Crippen molar-refractivity contribution in [3.63, 3.8) is 0 Å². The van der Waals surface area contributed by atoms with Crippen LogP contribution in [0.3, 0.4) is 0 Å². The first-order valence-corrected chi connectivity index (χ1v) is 10.4. The topological polar surface area (TPSA) is 104 Å². The molecule has 3 aromatic rings. The largest absolute Gasteiger partial charge is 0.477 e. The van der Waals surface area contributed by atoms with Crippen molar-refractivity contribution < 1.29 is 14.5 Å². The van der Waals surface area contributed by atoms with Gasteiger partial charge >= 0.3 is 5.97 Å². The zero-order chi connectivity index (χ0) is 21.6. The Morgan fingerprint density at radius 2 is 1.77 bits per heavy atom. The molecule has 1 aliphatic heterocycles. The first-order valence-electron chi connectivity index (χ1n) is 10.4. The van der Waals surface area contributed by atoms with Crippen molar-refractivity contribution in [2.24, 2.45) is 11.0 Å². The molecule has 2 heterocycles. The standard InChI is InChI=1S/C23H22N6O2/c1-3-29(2)21(19(23(30)31)20(26-29)15-10-11-15)16-12-8-14(9-13-16)17-6-4-5-7-18(17)22-24-27-28-25-22/h4-9,12-13,15H,3,10-11H2,1-2H3,(H-,24,25,26,27,28,30,31)/p+1. The Morgan fingerprint density at radius 1 is 1.10 bits per heavy atom. The summed E-state index contributed by atoms with van der Waals surface area (Å²) in [5.41, 5.74) is 5.61. The summed E-state index contributed by atoms with van der Waals surface area (Å²) in [5.74, 6) is -0.0970. The highest BCUT2D eigenvalue weighted by atomic mass is 16.4. The minimum Gasteiger partial charge on any atom is -0.477 e. The molecule has 0 bridgehead atoms. The molecule has 8 heteroatoms. The van der Waals surface area contributed by atoms with E-state index in [0.29, 0.717) is 17.9 Å². The lowest BCUT2D eigenvalue weighted by Crippen LogP contribution is -2.34. The van der Waals surface area contributed by atoms with Crippen molar-refractivity contribution in [3.05, 3.63) is 59.7 Å². The van der Waals surface area contributed by atoms with E-state index in [1.54, 1.807) is 0 Å². The van der Waals surface area contributed by atoms with Crippen molar-refractivity contribution in [1.82, 2.24) is 20.6 Å². The molecule has 1 aliphatic carbocycles. The summed E-state index contributed by atoms with van der Waals surface area (Å²) in [6, 6.07) is 15.9. The summed E-state index contributed by atoms with van der Waals surface area (Å²) >= 11 is 0. The lowest BCUT2D eigenvalue weighted by molar-refractivity contribution is -0.842. The molecule has 0 radical (unpaired) electrons. The quantitative estimate of drug-likeness (QED) is 0.599. The van der Waals surface area contributed by atoms with E-state index in [2.05, 4.69) is 20.6 Å². The molecule has 0 saturated heterocycles. The molecule has 2 aromatic carbocycles. The number of quaternary nitrogens is 1. The number of nitrogens with one attached hydrogen (secondary N) is 1. The summed E-state index contributed by atoms with van der Waals surface area (Å²) < 4.78 is 0.256. The molecule has 0 spiro atoms. The summed E-state index contributed by atoms with van der Waals surface area (Å²) in [7, 11) is 1.98. The molecule has 1 aromatic heterocycles. The van der Waals surface area contributed by atoms with Gasteiger partial charge < -0.3 is 5.11 Å². The molecule has 1 saturated carbocycles. The van der Waals surface area contributed by atoms with Crippen LogP contribution in [0.15, 0.2) is 59.2 Å². The maximum atomic E-state index is 12.2. The number of aromatic amines is 1. The minimum absolute atomic E-state index is 0.256. The van der Waals surface area contributed by atoms with E-state index in [1.165, 1.54) is 0 Å². The van der Waals surface area contributed by atoms with E-state index in [9.17, 15) is 9.90 Å². The molecule has 5 rings (SSSR count). The summed E-state index contributed by atoms with van der Waals surface area (Å²) in [6.07, 6.45) is 2.02. The van der Waals surface area contributed by atoms with Crippen LogP contribution in [0, 0.1) is 5.92 Å². The minimum atomic E-state index is -0.900. The van der Waals surface area contributed by atoms with Crippen LogP contribution in [-0.4, -0.2) is 55.6 Å². The molecule has 8 nitrogen and oxygen atoms in total. The Bertz CT molecular complexity index is 1210. The van der Waals surface area contributed by atoms with Crippen LogP contribution < -0.4 is 0 Å². The lowest BCUT2D eigenvalue weighted by atomic mass is 9.95. The van der Waals surface area contributed by atoms with E-state index in [4.69, 9.17) is 5.10 Å². The van der Waals surface area contributed by atoms with Crippen LogP contribution in [0.1, 0.15) is 25.3 Å². The fraction of sp³-hybridized carbons (Fsp3) is 0.261. The van der Waals surface area contributed by atoms with E-state index in [-0.39, 0.29) is 10.5 Å². The summed E-state index contributed by atoms with van der Waals surface area (Å²) in [5, 5.41) is 29.3. The van der Waals surface area contributed by atoms with Gasteiger partial charge in [-0.05, 0) is 48.2 Å². The number of aromatic nitrogens is 4. The average Bonchev–Trinajstić information content (AvgIpc) is 3.38. The van der Waals surface area contributed by atoms with Crippen molar-refractivity contribution >= 4 is 17.4 Å². The van der Waals surface area contributed by atoms with Crippen molar-refractivity contribution in [2.45, 2.75) is 19.8 Å². The van der Waals surface area contributed by atoms with Gasteiger partial charge in [-0.15, -0.1) is 10.2 Å². The third kappa shape index (κ3) is 3.25. The van der Waals surface area contributed by atoms with Gasteiger partial charge in [-0.2, -0.15) is 9.81 Å². The molecule has 1 unspecified atom stereocenters. The number of carboxylic acids is 1. The maximum absolute atomic E-state index is 12.2. The van der Waals surface area contributed by atoms with Gasteiger partial charge in [0.2, 0.25) is 5.82 Å². The highest BCUT2D eigenvalue weighted by Gasteiger charge is 2.47. The van der Waals surface area contributed by atoms with Gasteiger partial charge in [-0.25, -0.2) is 4.79 Å². The Morgan fingerprint density at radius 3 is 2.35 bits per heavy atom. The van der Waals surface area contributed by atoms with Gasteiger partial charge in [-0.3, -0.25) is 0 Å². The highest BCUT2D eigenvalue weighted by molar-refractivity contribution is 6.26. The van der Waals surface area contributed by atoms with Crippen LogP contribution in [0.25, 0.3) is 28.2 Å². The second kappa shape index (κ2) is 7.24. The van der Waals surface area contributed by atoms with Crippen molar-refractivity contribution in [1.29, 1.82) is 0 Å². The third-order valence-corrected chi connectivity index (χ3v) is 6.08. The number of H-pyrrole nitrogens is 1. The number of carbonyl (C=O) groups is 1. The fourth-order valence-corrected chi connectivity index (χ4v) is 4.22. The maximum Gasteiger partial charge on any atom is 0.344 e. The number of aliphatic carboxylic acids is 1. The van der Waals surface area contributed by atoms with Crippen LogP contribution in [-0.2, 0) is 4.79 Å². The Kier molecular flexibility index (Phi) is 4.51. The van der Waals surface area contributed by atoms with Crippen LogP contribution in [0.4, 0.5) is 0 Å². The molecule has 31 heavy (non-hydrogen) atoms. The number of rotatable bonds is 6. The Balaban J connectivity index is 1.59. The van der Waals surface area contributed by atoms with E-state index >= 15 is 0 Å². The molecule has 2 aliphatic rings. The molecule has 2 N–H and O–H groups in total. The molecule has 1 fully saturated rings. The molecular formula is C23H23N6O2+. The molecule has 0 amide bonds. The number of hydrogen-bond acceptors (Lipinski definition) is 5. The van der Waals surface area contributed by atoms with Crippen LogP contribution in [0.2, 0.25) is 0 Å². The fourth-order valence-electron chi connectivity index (χ4n) is 4.22. The van der Waals surface area contributed by atoms with E-state index in [1.807, 2.05) is 62.5 Å². The predicted octanol–water partition coefficient (Wildman–Crippen LogP) is 3.58. The second-order valence-corrected chi connectivity index (χ2v) is 8.10. The number of tetrazole rings is 1. The van der Waals surface area contributed by atoms with Gasteiger partial charge in [0.05, 0.1) is 7.05 Å². The zero-order valence-corrected chi connectivity index (χ0v) is 17.4. The normalized spacial score (nSPS) is 20.8. The first-order chi connectivity index (χ1) is 15.0. The Labute approximate surface area is 179 Å². The van der Waals surface area contributed by atoms with Gasteiger partial charge in [-0.1, -0.05) is 41.5 Å².